The normalized spacial score (nSPS) is 25.4. The summed E-state index contributed by atoms with van der Waals surface area (Å²) in [6, 6.07) is 6.61. The van der Waals surface area contributed by atoms with Gasteiger partial charge in [0, 0.05) is 30.5 Å². The SMILES string of the molecule is Cc1nc(N2C[C@@H]3C[C@H]2CO3)cc(-n2ncc3cc(C)c([C@H]4CCN(C(=O)OC(C)(C)C)C[C@H]4O)cc32)n1. The summed E-state index contributed by atoms with van der Waals surface area (Å²) >= 11 is 0. The van der Waals surface area contributed by atoms with Gasteiger partial charge in [-0.05, 0) is 70.7 Å². The Balaban J connectivity index is 1.29. The van der Waals surface area contributed by atoms with Gasteiger partial charge in [-0.3, -0.25) is 0 Å². The first-order valence-electron chi connectivity index (χ1n) is 13.4. The fraction of sp³-hybridized carbons (Fsp3) is 0.571. The maximum atomic E-state index is 12.6. The van der Waals surface area contributed by atoms with E-state index in [9.17, 15) is 9.90 Å². The lowest BCUT2D eigenvalue weighted by Gasteiger charge is -2.37. The van der Waals surface area contributed by atoms with Gasteiger partial charge in [0.2, 0.25) is 0 Å². The van der Waals surface area contributed by atoms with Crippen LogP contribution in [0.25, 0.3) is 16.7 Å². The molecule has 3 fully saturated rings. The summed E-state index contributed by atoms with van der Waals surface area (Å²) < 4.78 is 13.2. The van der Waals surface area contributed by atoms with Crippen molar-refractivity contribution in [2.75, 3.05) is 31.1 Å². The average molecular weight is 521 g/mol. The number of fused-ring (bicyclic) bond motifs is 3. The summed E-state index contributed by atoms with van der Waals surface area (Å²) in [5.74, 6) is 2.23. The molecule has 5 heterocycles. The molecule has 0 saturated carbocycles. The van der Waals surface area contributed by atoms with Crippen LogP contribution in [0.4, 0.5) is 10.6 Å². The first kappa shape index (κ1) is 25.1. The Morgan fingerprint density at radius 2 is 1.92 bits per heavy atom. The van der Waals surface area contributed by atoms with Crippen LogP contribution in [0.15, 0.2) is 24.4 Å². The first-order chi connectivity index (χ1) is 18.1. The number of hydrogen-bond acceptors (Lipinski definition) is 8. The number of carbonyl (C=O) groups excluding carboxylic acids is 1. The standard InChI is InChI=1S/C28H36N6O4/c1-16-8-18-12-29-34(26-11-25(30-17(2)31-26)33-13-20-9-19(33)15-37-20)23(18)10-22(16)21-6-7-32(14-24(21)35)27(36)38-28(3,4)5/h8,10-12,19-21,24,35H,6-7,9,13-15H2,1-5H3/t19-,20-,21+,24+/m0/s1. The van der Waals surface area contributed by atoms with E-state index < -0.39 is 11.7 Å². The number of benzene rings is 1. The highest BCUT2D eigenvalue weighted by atomic mass is 16.6. The summed E-state index contributed by atoms with van der Waals surface area (Å²) in [6.07, 6.45) is 2.76. The number of rotatable bonds is 3. The van der Waals surface area contributed by atoms with Crippen LogP contribution in [-0.4, -0.2) is 85.9 Å². The van der Waals surface area contributed by atoms with E-state index in [2.05, 4.69) is 29.1 Å². The van der Waals surface area contributed by atoms with Crippen molar-refractivity contribution in [3.8, 4) is 5.82 Å². The minimum absolute atomic E-state index is 0.0933. The molecule has 3 aromatic rings. The number of hydrogen-bond donors (Lipinski definition) is 1. The highest BCUT2D eigenvalue weighted by molar-refractivity contribution is 5.82. The molecule has 1 aromatic carbocycles. The molecule has 10 heteroatoms. The Bertz CT molecular complexity index is 1380. The number of likely N-dealkylation sites (tertiary alicyclic amines) is 1. The van der Waals surface area contributed by atoms with Crippen molar-refractivity contribution in [2.24, 2.45) is 0 Å². The van der Waals surface area contributed by atoms with Crippen LogP contribution >= 0.6 is 0 Å². The largest absolute Gasteiger partial charge is 0.444 e. The van der Waals surface area contributed by atoms with Crippen LogP contribution in [0.3, 0.4) is 0 Å². The Morgan fingerprint density at radius 3 is 2.61 bits per heavy atom. The lowest BCUT2D eigenvalue weighted by atomic mass is 9.84. The van der Waals surface area contributed by atoms with Crippen molar-refractivity contribution >= 4 is 22.8 Å². The van der Waals surface area contributed by atoms with Gasteiger partial charge in [0.15, 0.2) is 5.82 Å². The Kier molecular flexibility index (Phi) is 6.07. The number of β-amino-alcohol motifs (C(OH)–C–C–N with tert-alkyl or cyclic N) is 1. The Morgan fingerprint density at radius 1 is 1.13 bits per heavy atom. The topological polar surface area (TPSA) is 106 Å². The zero-order valence-corrected chi connectivity index (χ0v) is 22.7. The maximum absolute atomic E-state index is 12.6. The fourth-order valence-electron chi connectivity index (χ4n) is 6.05. The molecule has 6 rings (SSSR count). The lowest BCUT2D eigenvalue weighted by molar-refractivity contribution is -0.00155. The van der Waals surface area contributed by atoms with Crippen molar-refractivity contribution in [3.05, 3.63) is 41.3 Å². The van der Waals surface area contributed by atoms with Gasteiger partial charge < -0.3 is 24.4 Å². The molecule has 0 spiro atoms. The molecule has 202 valence electrons. The van der Waals surface area contributed by atoms with Gasteiger partial charge in [-0.25, -0.2) is 19.4 Å². The van der Waals surface area contributed by atoms with Gasteiger partial charge in [0.1, 0.15) is 17.2 Å². The monoisotopic (exact) mass is 520 g/mol. The minimum atomic E-state index is -0.690. The number of aliphatic hydroxyl groups excluding tert-OH is 1. The van der Waals surface area contributed by atoms with Crippen molar-refractivity contribution in [2.45, 2.75) is 77.2 Å². The summed E-state index contributed by atoms with van der Waals surface area (Å²) in [7, 11) is 0. The van der Waals surface area contributed by atoms with E-state index in [0.29, 0.717) is 24.8 Å². The van der Waals surface area contributed by atoms with E-state index in [1.807, 2.05) is 44.6 Å². The van der Waals surface area contributed by atoms with Crippen LogP contribution in [0.5, 0.6) is 0 Å². The van der Waals surface area contributed by atoms with Gasteiger partial charge in [-0.2, -0.15) is 5.10 Å². The third-order valence-corrected chi connectivity index (χ3v) is 7.81. The molecular formula is C28H36N6O4. The Hall–Kier alpha value is -3.24. The molecule has 3 saturated heterocycles. The number of morpholine rings is 1. The molecule has 1 N–H and O–H groups in total. The molecule has 2 bridgehead atoms. The highest BCUT2D eigenvalue weighted by Gasteiger charge is 2.40. The molecule has 10 nitrogen and oxygen atoms in total. The number of aromatic nitrogens is 4. The summed E-state index contributed by atoms with van der Waals surface area (Å²) in [5.41, 5.74) is 2.53. The molecule has 4 atom stereocenters. The third-order valence-electron chi connectivity index (χ3n) is 7.81. The molecule has 1 amide bonds. The summed E-state index contributed by atoms with van der Waals surface area (Å²) in [5, 5.41) is 16.8. The second-order valence-electron chi connectivity index (χ2n) is 11.8. The second-order valence-corrected chi connectivity index (χ2v) is 11.8. The van der Waals surface area contributed by atoms with E-state index in [4.69, 9.17) is 19.4 Å². The van der Waals surface area contributed by atoms with Gasteiger partial charge in [0.05, 0.1) is 43.1 Å². The second kappa shape index (κ2) is 9.20. The number of carbonyl (C=O) groups is 1. The molecule has 3 aliphatic rings. The predicted octanol–water partition coefficient (Wildman–Crippen LogP) is 3.50. The number of amides is 1. The van der Waals surface area contributed by atoms with E-state index in [-0.39, 0.29) is 24.7 Å². The molecule has 0 unspecified atom stereocenters. The summed E-state index contributed by atoms with van der Waals surface area (Å²) in [4.78, 5) is 25.9. The molecular weight excluding hydrogens is 484 g/mol. The molecule has 38 heavy (non-hydrogen) atoms. The quantitative estimate of drug-likeness (QED) is 0.560. The van der Waals surface area contributed by atoms with Gasteiger partial charge in [-0.15, -0.1) is 0 Å². The number of anilines is 1. The number of piperidine rings is 1. The fourth-order valence-corrected chi connectivity index (χ4v) is 6.05. The number of aliphatic hydroxyl groups is 1. The number of aryl methyl sites for hydroxylation is 2. The molecule has 0 radical (unpaired) electrons. The van der Waals surface area contributed by atoms with Crippen LogP contribution in [0, 0.1) is 13.8 Å². The van der Waals surface area contributed by atoms with E-state index >= 15 is 0 Å². The maximum Gasteiger partial charge on any atom is 0.410 e. The predicted molar refractivity (Wildman–Crippen MR) is 143 cm³/mol. The minimum Gasteiger partial charge on any atom is -0.444 e. The van der Waals surface area contributed by atoms with Crippen LogP contribution in [0.2, 0.25) is 0 Å². The smallest absolute Gasteiger partial charge is 0.410 e. The van der Waals surface area contributed by atoms with Crippen molar-refractivity contribution in [3.63, 3.8) is 0 Å². The first-order valence-corrected chi connectivity index (χ1v) is 13.4. The highest BCUT2D eigenvalue weighted by Crippen LogP contribution is 2.35. The number of nitrogens with zero attached hydrogens (tertiary/aromatic N) is 6. The lowest BCUT2D eigenvalue weighted by Crippen LogP contribution is -2.47. The average Bonchev–Trinajstić information content (AvgIpc) is 3.58. The zero-order valence-electron chi connectivity index (χ0n) is 22.7. The van der Waals surface area contributed by atoms with E-state index in [1.54, 1.807) is 4.90 Å². The zero-order chi connectivity index (χ0) is 26.8. The third kappa shape index (κ3) is 4.60. The van der Waals surface area contributed by atoms with Gasteiger partial charge >= 0.3 is 6.09 Å². The summed E-state index contributed by atoms with van der Waals surface area (Å²) in [6.45, 7) is 11.9. The van der Waals surface area contributed by atoms with Crippen molar-refractivity contribution in [1.29, 1.82) is 0 Å². The molecule has 2 aromatic heterocycles. The van der Waals surface area contributed by atoms with Crippen LogP contribution in [-0.2, 0) is 9.47 Å². The van der Waals surface area contributed by atoms with Gasteiger partial charge in [-0.1, -0.05) is 0 Å². The van der Waals surface area contributed by atoms with E-state index in [0.717, 1.165) is 53.2 Å². The van der Waals surface area contributed by atoms with E-state index in [1.165, 1.54) is 0 Å². The number of ether oxygens (including phenoxy) is 2. The van der Waals surface area contributed by atoms with Crippen molar-refractivity contribution < 1.29 is 19.4 Å². The van der Waals surface area contributed by atoms with Crippen LogP contribution in [0.1, 0.15) is 56.5 Å². The van der Waals surface area contributed by atoms with Gasteiger partial charge in [0.25, 0.3) is 0 Å². The van der Waals surface area contributed by atoms with Crippen LogP contribution < -0.4 is 4.90 Å². The molecule has 3 aliphatic heterocycles. The molecule has 0 aliphatic carbocycles. The Labute approximate surface area is 222 Å². The van der Waals surface area contributed by atoms with Crippen molar-refractivity contribution in [1.82, 2.24) is 24.6 Å².